The maximum atomic E-state index is 11.4. The van der Waals surface area contributed by atoms with E-state index in [1.807, 2.05) is 38.2 Å². The number of para-hydroxylation sites is 1. The summed E-state index contributed by atoms with van der Waals surface area (Å²) in [5, 5.41) is 2.91. The van der Waals surface area contributed by atoms with Gasteiger partial charge < -0.3 is 9.88 Å². The van der Waals surface area contributed by atoms with Gasteiger partial charge in [-0.05, 0) is 25.5 Å². The number of carbonyl (C=O) groups excluding carboxylic acids is 1. The zero-order chi connectivity index (χ0) is 14.4. The molecule has 0 fully saturated rings. The van der Waals surface area contributed by atoms with Crippen molar-refractivity contribution in [1.29, 1.82) is 0 Å². The Labute approximate surface area is 119 Å². The normalized spacial score (nSPS) is 10.5. The lowest BCUT2D eigenvalue weighted by atomic mass is 10.3. The van der Waals surface area contributed by atoms with Crippen LogP contribution in [0.1, 0.15) is 31.3 Å². The zero-order valence-corrected chi connectivity index (χ0v) is 12.1. The highest BCUT2D eigenvalue weighted by molar-refractivity contribution is 5.75. The number of amides is 1. The Morgan fingerprint density at radius 3 is 2.75 bits per heavy atom. The molecule has 106 valence electrons. The number of hydrogen-bond acceptors (Lipinski definition) is 2. The van der Waals surface area contributed by atoms with Gasteiger partial charge in [-0.15, -0.1) is 0 Å². The molecule has 2 rings (SSSR count). The van der Waals surface area contributed by atoms with Crippen LogP contribution < -0.4 is 5.32 Å². The number of benzene rings is 1. The molecule has 1 N–H and O–H groups in total. The van der Waals surface area contributed by atoms with E-state index >= 15 is 0 Å². The molecule has 2 aromatic rings. The minimum atomic E-state index is 0.117. The van der Waals surface area contributed by atoms with Crippen LogP contribution in [0.3, 0.4) is 0 Å². The number of aryl methyl sites for hydroxylation is 1. The van der Waals surface area contributed by atoms with Crippen molar-refractivity contribution >= 4 is 5.91 Å². The Morgan fingerprint density at radius 2 is 2.05 bits per heavy atom. The van der Waals surface area contributed by atoms with Crippen LogP contribution in [0.15, 0.2) is 36.5 Å². The molecular weight excluding hydrogens is 250 g/mol. The Kier molecular flexibility index (Phi) is 4.93. The summed E-state index contributed by atoms with van der Waals surface area (Å²) in [5.74, 6) is 1.08. The molecule has 0 saturated carbocycles. The number of nitrogens with zero attached hydrogens (tertiary/aromatic N) is 2. The van der Waals surface area contributed by atoms with E-state index in [9.17, 15) is 4.79 Å². The summed E-state index contributed by atoms with van der Waals surface area (Å²) >= 11 is 0. The van der Waals surface area contributed by atoms with Crippen molar-refractivity contribution < 1.29 is 4.79 Å². The fraction of sp³-hybridized carbons (Fsp3) is 0.375. The standard InChI is InChI=1S/C16H21N3O/c1-3-7-16(20)17-11-10-14-12-19(13(2)18-14)15-8-5-4-6-9-15/h4-6,8-9,12H,3,7,10-11H2,1-2H3,(H,17,20). The number of nitrogens with one attached hydrogen (secondary N) is 1. The van der Waals surface area contributed by atoms with Gasteiger partial charge >= 0.3 is 0 Å². The fourth-order valence-electron chi connectivity index (χ4n) is 2.15. The highest BCUT2D eigenvalue weighted by atomic mass is 16.1. The number of imidazole rings is 1. The second-order valence-corrected chi connectivity index (χ2v) is 4.83. The van der Waals surface area contributed by atoms with Crippen LogP contribution in [0.5, 0.6) is 0 Å². The first kappa shape index (κ1) is 14.3. The van der Waals surface area contributed by atoms with Crippen LogP contribution in [-0.4, -0.2) is 22.0 Å². The minimum absolute atomic E-state index is 0.117. The predicted molar refractivity (Wildman–Crippen MR) is 79.9 cm³/mol. The molecule has 4 nitrogen and oxygen atoms in total. The summed E-state index contributed by atoms with van der Waals surface area (Å²) in [7, 11) is 0. The average molecular weight is 271 g/mol. The van der Waals surface area contributed by atoms with Gasteiger partial charge in [-0.1, -0.05) is 25.1 Å². The number of hydrogen-bond donors (Lipinski definition) is 1. The number of aromatic nitrogens is 2. The van der Waals surface area contributed by atoms with Gasteiger partial charge in [0.05, 0.1) is 5.69 Å². The van der Waals surface area contributed by atoms with Crippen LogP contribution in [0.2, 0.25) is 0 Å². The van der Waals surface area contributed by atoms with Crippen LogP contribution >= 0.6 is 0 Å². The summed E-state index contributed by atoms with van der Waals surface area (Å²) in [5.41, 5.74) is 2.11. The minimum Gasteiger partial charge on any atom is -0.356 e. The van der Waals surface area contributed by atoms with Crippen LogP contribution in [-0.2, 0) is 11.2 Å². The lowest BCUT2D eigenvalue weighted by Crippen LogP contribution is -2.25. The second kappa shape index (κ2) is 6.89. The highest BCUT2D eigenvalue weighted by Gasteiger charge is 2.06. The molecule has 0 spiro atoms. The Balaban J connectivity index is 1.96. The fourth-order valence-corrected chi connectivity index (χ4v) is 2.15. The smallest absolute Gasteiger partial charge is 0.219 e. The summed E-state index contributed by atoms with van der Waals surface area (Å²) in [6.45, 7) is 4.64. The van der Waals surface area contributed by atoms with Crippen molar-refractivity contribution in [1.82, 2.24) is 14.9 Å². The molecule has 0 aliphatic carbocycles. The second-order valence-electron chi connectivity index (χ2n) is 4.83. The third-order valence-corrected chi connectivity index (χ3v) is 3.15. The van der Waals surface area contributed by atoms with E-state index in [2.05, 4.69) is 27.0 Å². The lowest BCUT2D eigenvalue weighted by molar-refractivity contribution is -0.121. The van der Waals surface area contributed by atoms with Gasteiger partial charge in [-0.2, -0.15) is 0 Å². The first-order chi connectivity index (χ1) is 9.70. The maximum absolute atomic E-state index is 11.4. The lowest BCUT2D eigenvalue weighted by Gasteiger charge is -2.03. The number of rotatable bonds is 6. The molecule has 0 aliphatic rings. The van der Waals surface area contributed by atoms with Gasteiger partial charge in [0, 0.05) is 31.3 Å². The quantitative estimate of drug-likeness (QED) is 0.878. The molecule has 4 heteroatoms. The SMILES string of the molecule is CCCC(=O)NCCc1cn(-c2ccccc2)c(C)n1. The monoisotopic (exact) mass is 271 g/mol. The molecule has 20 heavy (non-hydrogen) atoms. The van der Waals surface area contributed by atoms with Crippen LogP contribution in [0.4, 0.5) is 0 Å². The number of carbonyl (C=O) groups is 1. The van der Waals surface area contributed by atoms with E-state index in [0.29, 0.717) is 13.0 Å². The summed E-state index contributed by atoms with van der Waals surface area (Å²) in [6, 6.07) is 10.1. The molecule has 1 aromatic heterocycles. The molecular formula is C16H21N3O. The van der Waals surface area contributed by atoms with E-state index in [1.54, 1.807) is 0 Å². The molecule has 0 saturated heterocycles. The summed E-state index contributed by atoms with van der Waals surface area (Å²) in [6.07, 6.45) is 4.28. The molecule has 1 amide bonds. The van der Waals surface area contributed by atoms with Crippen molar-refractivity contribution in [3.8, 4) is 5.69 Å². The predicted octanol–water partition coefficient (Wildman–Crippen LogP) is 2.64. The Bertz CT molecular complexity index is 560. The molecule has 0 atom stereocenters. The Morgan fingerprint density at radius 1 is 1.30 bits per heavy atom. The third kappa shape index (κ3) is 3.70. The van der Waals surface area contributed by atoms with E-state index in [0.717, 1.165) is 30.0 Å². The van der Waals surface area contributed by atoms with Crippen molar-refractivity contribution in [2.45, 2.75) is 33.1 Å². The van der Waals surface area contributed by atoms with E-state index in [4.69, 9.17) is 0 Å². The largest absolute Gasteiger partial charge is 0.356 e. The zero-order valence-electron chi connectivity index (χ0n) is 12.1. The summed E-state index contributed by atoms with van der Waals surface area (Å²) in [4.78, 5) is 15.9. The van der Waals surface area contributed by atoms with Crippen molar-refractivity contribution in [3.63, 3.8) is 0 Å². The molecule has 0 aliphatic heterocycles. The maximum Gasteiger partial charge on any atom is 0.219 e. The van der Waals surface area contributed by atoms with Gasteiger partial charge in [0.15, 0.2) is 0 Å². The first-order valence-corrected chi connectivity index (χ1v) is 7.07. The molecule has 1 aromatic carbocycles. The summed E-state index contributed by atoms with van der Waals surface area (Å²) < 4.78 is 2.07. The van der Waals surface area contributed by atoms with Crippen LogP contribution in [0.25, 0.3) is 5.69 Å². The van der Waals surface area contributed by atoms with E-state index < -0.39 is 0 Å². The van der Waals surface area contributed by atoms with E-state index in [-0.39, 0.29) is 5.91 Å². The third-order valence-electron chi connectivity index (χ3n) is 3.15. The molecule has 0 unspecified atom stereocenters. The van der Waals surface area contributed by atoms with Gasteiger partial charge in [0.25, 0.3) is 0 Å². The van der Waals surface area contributed by atoms with Gasteiger partial charge in [0.2, 0.25) is 5.91 Å². The highest BCUT2D eigenvalue weighted by Crippen LogP contribution is 2.12. The molecule has 1 heterocycles. The Hall–Kier alpha value is -2.10. The van der Waals surface area contributed by atoms with Gasteiger partial charge in [-0.3, -0.25) is 4.79 Å². The van der Waals surface area contributed by atoms with Crippen molar-refractivity contribution in [2.75, 3.05) is 6.54 Å². The van der Waals surface area contributed by atoms with Crippen molar-refractivity contribution in [2.24, 2.45) is 0 Å². The average Bonchev–Trinajstić information content (AvgIpc) is 2.81. The van der Waals surface area contributed by atoms with Crippen molar-refractivity contribution in [3.05, 3.63) is 48.0 Å². The van der Waals surface area contributed by atoms with Gasteiger partial charge in [0.1, 0.15) is 5.82 Å². The first-order valence-electron chi connectivity index (χ1n) is 7.07. The molecule has 0 radical (unpaired) electrons. The van der Waals surface area contributed by atoms with Crippen LogP contribution in [0, 0.1) is 6.92 Å². The topological polar surface area (TPSA) is 46.9 Å². The van der Waals surface area contributed by atoms with Gasteiger partial charge in [-0.25, -0.2) is 4.98 Å². The van der Waals surface area contributed by atoms with E-state index in [1.165, 1.54) is 0 Å². The molecule has 0 bridgehead atoms.